The molecule has 3 N–H and O–H groups in total. The smallest absolute Gasteiger partial charge is 0.326 e. The number of amides is 1. The van der Waals surface area contributed by atoms with E-state index >= 15 is 0 Å². The maximum atomic E-state index is 11.9. The van der Waals surface area contributed by atoms with Crippen LogP contribution in [0.1, 0.15) is 29.6 Å². The third-order valence-electron chi connectivity index (χ3n) is 2.50. The molecule has 0 saturated heterocycles. The van der Waals surface area contributed by atoms with E-state index in [2.05, 4.69) is 10.3 Å². The molecule has 0 unspecified atom stereocenters. The zero-order chi connectivity index (χ0) is 15.1. The highest BCUT2D eigenvalue weighted by molar-refractivity contribution is 6.33. The van der Waals surface area contributed by atoms with E-state index in [1.807, 2.05) is 0 Å². The van der Waals surface area contributed by atoms with E-state index in [1.54, 1.807) is 0 Å². The summed E-state index contributed by atoms with van der Waals surface area (Å²) in [5, 5.41) is 19.9. The third kappa shape index (κ3) is 4.85. The molecule has 0 aliphatic heterocycles. The number of aliphatic carboxylic acids is 2. The molecule has 1 heterocycles. The summed E-state index contributed by atoms with van der Waals surface area (Å²) >= 11 is 5.78. The Morgan fingerprint density at radius 3 is 2.60 bits per heavy atom. The lowest BCUT2D eigenvalue weighted by Crippen LogP contribution is -2.40. The number of carboxylic acids is 2. The van der Waals surface area contributed by atoms with Crippen LogP contribution in [0.15, 0.2) is 18.5 Å². The van der Waals surface area contributed by atoms with Gasteiger partial charge in [0.25, 0.3) is 5.91 Å². The molecule has 20 heavy (non-hydrogen) atoms. The van der Waals surface area contributed by atoms with Crippen molar-refractivity contribution in [2.45, 2.75) is 25.3 Å². The van der Waals surface area contributed by atoms with Crippen LogP contribution in [-0.2, 0) is 9.59 Å². The Kier molecular flexibility index (Phi) is 5.92. The van der Waals surface area contributed by atoms with E-state index < -0.39 is 23.9 Å². The molecule has 0 spiro atoms. The Hall–Kier alpha value is -2.15. The minimum atomic E-state index is -1.23. The highest BCUT2D eigenvalue weighted by Crippen LogP contribution is 2.13. The van der Waals surface area contributed by atoms with Gasteiger partial charge in [-0.15, -0.1) is 0 Å². The summed E-state index contributed by atoms with van der Waals surface area (Å²) in [6, 6.07) is 0.208. The van der Waals surface area contributed by atoms with Gasteiger partial charge >= 0.3 is 11.9 Å². The first-order valence-electron chi connectivity index (χ1n) is 5.76. The lowest BCUT2D eigenvalue weighted by molar-refractivity contribution is -0.140. The van der Waals surface area contributed by atoms with Gasteiger partial charge in [-0.05, 0) is 18.9 Å². The molecule has 1 aromatic rings. The van der Waals surface area contributed by atoms with E-state index in [0.29, 0.717) is 0 Å². The van der Waals surface area contributed by atoms with Crippen molar-refractivity contribution in [3.8, 4) is 0 Å². The molecule has 8 heteroatoms. The SMILES string of the molecule is O=C(O)CCC[C@@H](NC(=O)c1ccncc1Cl)C(=O)O. The molecule has 0 bridgehead atoms. The van der Waals surface area contributed by atoms with Crippen molar-refractivity contribution in [1.29, 1.82) is 0 Å². The van der Waals surface area contributed by atoms with Gasteiger partial charge in [0, 0.05) is 18.8 Å². The Labute approximate surface area is 119 Å². The number of nitrogens with one attached hydrogen (secondary N) is 1. The maximum Gasteiger partial charge on any atom is 0.326 e. The van der Waals surface area contributed by atoms with Crippen LogP contribution >= 0.6 is 11.6 Å². The number of carboxylic acid groups (broad SMARTS) is 2. The first-order valence-corrected chi connectivity index (χ1v) is 6.14. The standard InChI is InChI=1S/C12H13ClN2O5/c13-8-6-14-5-4-7(8)11(18)15-9(12(19)20)2-1-3-10(16)17/h4-6,9H,1-3H2,(H,15,18)(H,16,17)(H,19,20)/t9-/m1/s1. The highest BCUT2D eigenvalue weighted by atomic mass is 35.5. The Balaban J connectivity index is 2.66. The second kappa shape index (κ2) is 7.44. The topological polar surface area (TPSA) is 117 Å². The summed E-state index contributed by atoms with van der Waals surface area (Å²) in [5.74, 6) is -2.88. The fraction of sp³-hybridized carbons (Fsp3) is 0.333. The first-order chi connectivity index (χ1) is 9.41. The van der Waals surface area contributed by atoms with Gasteiger partial charge in [-0.2, -0.15) is 0 Å². The van der Waals surface area contributed by atoms with Crippen molar-refractivity contribution in [2.75, 3.05) is 0 Å². The molecule has 0 aliphatic rings. The van der Waals surface area contributed by atoms with Crippen molar-refractivity contribution in [1.82, 2.24) is 10.3 Å². The average Bonchev–Trinajstić information content (AvgIpc) is 2.37. The summed E-state index contributed by atoms with van der Waals surface area (Å²) in [6.07, 6.45) is 2.65. The Morgan fingerprint density at radius 2 is 2.05 bits per heavy atom. The molecule has 0 saturated carbocycles. The number of rotatable bonds is 7. The highest BCUT2D eigenvalue weighted by Gasteiger charge is 2.21. The molecule has 1 amide bonds. The molecule has 108 valence electrons. The van der Waals surface area contributed by atoms with Crippen molar-refractivity contribution in [3.05, 3.63) is 29.0 Å². The normalized spacial score (nSPS) is 11.7. The number of carbonyl (C=O) groups is 3. The summed E-state index contributed by atoms with van der Waals surface area (Å²) in [5.41, 5.74) is 0.117. The van der Waals surface area contributed by atoms with Gasteiger partial charge in [-0.1, -0.05) is 11.6 Å². The summed E-state index contributed by atoms with van der Waals surface area (Å²) < 4.78 is 0. The number of hydrogen-bond acceptors (Lipinski definition) is 4. The van der Waals surface area contributed by atoms with Crippen LogP contribution in [0.25, 0.3) is 0 Å². The van der Waals surface area contributed by atoms with Crippen LogP contribution in [0.5, 0.6) is 0 Å². The van der Waals surface area contributed by atoms with E-state index in [9.17, 15) is 14.4 Å². The van der Waals surface area contributed by atoms with Gasteiger partial charge in [0.05, 0.1) is 10.6 Å². The van der Waals surface area contributed by atoms with E-state index in [0.717, 1.165) is 0 Å². The Morgan fingerprint density at radius 1 is 1.35 bits per heavy atom. The molecular formula is C12H13ClN2O5. The monoisotopic (exact) mass is 300 g/mol. The van der Waals surface area contributed by atoms with Gasteiger partial charge in [-0.3, -0.25) is 14.6 Å². The number of aromatic nitrogens is 1. The van der Waals surface area contributed by atoms with Crippen LogP contribution < -0.4 is 5.32 Å². The zero-order valence-electron chi connectivity index (χ0n) is 10.4. The van der Waals surface area contributed by atoms with Crippen molar-refractivity contribution < 1.29 is 24.6 Å². The molecule has 1 rings (SSSR count). The fourth-order valence-corrected chi connectivity index (χ4v) is 1.72. The summed E-state index contributed by atoms with van der Waals surface area (Å²) in [6.45, 7) is 0. The molecule has 1 aromatic heterocycles. The quantitative estimate of drug-likeness (QED) is 0.696. The lowest BCUT2D eigenvalue weighted by Gasteiger charge is -2.14. The molecule has 7 nitrogen and oxygen atoms in total. The number of nitrogens with zero attached hydrogens (tertiary/aromatic N) is 1. The van der Waals surface area contributed by atoms with Crippen molar-refractivity contribution in [3.63, 3.8) is 0 Å². The lowest BCUT2D eigenvalue weighted by atomic mass is 10.1. The zero-order valence-corrected chi connectivity index (χ0v) is 11.1. The van der Waals surface area contributed by atoms with Gasteiger partial charge < -0.3 is 15.5 Å². The number of pyridine rings is 1. The molecule has 1 atom stereocenters. The van der Waals surface area contributed by atoms with E-state index in [4.69, 9.17) is 21.8 Å². The number of carbonyl (C=O) groups excluding carboxylic acids is 1. The van der Waals surface area contributed by atoms with E-state index in [1.165, 1.54) is 18.5 Å². The van der Waals surface area contributed by atoms with E-state index in [-0.39, 0.29) is 29.8 Å². The van der Waals surface area contributed by atoms with Gasteiger partial charge in [0.2, 0.25) is 0 Å². The minimum Gasteiger partial charge on any atom is -0.481 e. The van der Waals surface area contributed by atoms with Crippen LogP contribution in [-0.4, -0.2) is 39.1 Å². The predicted molar refractivity (Wildman–Crippen MR) is 69.6 cm³/mol. The molecule has 0 aromatic carbocycles. The minimum absolute atomic E-state index is 0.0239. The van der Waals surface area contributed by atoms with Crippen LogP contribution in [0.2, 0.25) is 5.02 Å². The van der Waals surface area contributed by atoms with Gasteiger partial charge in [0.1, 0.15) is 6.04 Å². The second-order valence-corrected chi connectivity index (χ2v) is 4.41. The van der Waals surface area contributed by atoms with Crippen LogP contribution in [0, 0.1) is 0 Å². The summed E-state index contributed by atoms with van der Waals surface area (Å²) in [7, 11) is 0. The number of halogens is 1. The largest absolute Gasteiger partial charge is 0.481 e. The third-order valence-corrected chi connectivity index (χ3v) is 2.81. The van der Waals surface area contributed by atoms with Crippen LogP contribution in [0.4, 0.5) is 0 Å². The molecular weight excluding hydrogens is 288 g/mol. The van der Waals surface area contributed by atoms with Gasteiger partial charge in [0.15, 0.2) is 0 Å². The maximum absolute atomic E-state index is 11.9. The van der Waals surface area contributed by atoms with Crippen LogP contribution in [0.3, 0.4) is 0 Å². The molecule has 0 fully saturated rings. The predicted octanol–water partition coefficient (Wildman–Crippen LogP) is 1.17. The molecule has 0 radical (unpaired) electrons. The average molecular weight is 301 g/mol. The second-order valence-electron chi connectivity index (χ2n) is 4.01. The Bertz CT molecular complexity index is 520. The first kappa shape index (κ1) is 15.9. The fourth-order valence-electron chi connectivity index (χ4n) is 1.51. The molecule has 0 aliphatic carbocycles. The number of hydrogen-bond donors (Lipinski definition) is 3. The van der Waals surface area contributed by atoms with Gasteiger partial charge in [-0.25, -0.2) is 4.79 Å². The summed E-state index contributed by atoms with van der Waals surface area (Å²) in [4.78, 5) is 37.0. The van der Waals surface area contributed by atoms with Crippen molar-refractivity contribution >= 4 is 29.4 Å². The van der Waals surface area contributed by atoms with Crippen molar-refractivity contribution in [2.24, 2.45) is 0 Å².